The molecule has 0 aliphatic rings. The van der Waals surface area contributed by atoms with Crippen LogP contribution >= 0.6 is 31.9 Å². The summed E-state index contributed by atoms with van der Waals surface area (Å²) in [5.74, 6) is 0.683. The number of rotatable bonds is 7. The highest BCUT2D eigenvalue weighted by Gasteiger charge is 2.13. The van der Waals surface area contributed by atoms with Gasteiger partial charge >= 0.3 is 0 Å². The van der Waals surface area contributed by atoms with E-state index < -0.39 is 0 Å². The van der Waals surface area contributed by atoms with E-state index in [2.05, 4.69) is 42.7 Å². The number of halogens is 2. The second-order valence-electron chi connectivity index (χ2n) is 4.95. The Bertz CT molecular complexity index is 764. The summed E-state index contributed by atoms with van der Waals surface area (Å²) in [5, 5.41) is 0. The summed E-state index contributed by atoms with van der Waals surface area (Å²) in [6, 6.07) is 13.3. The molecule has 0 spiro atoms. The van der Waals surface area contributed by atoms with Gasteiger partial charge in [-0.25, -0.2) is 0 Å². The molecule has 0 aromatic heterocycles. The van der Waals surface area contributed by atoms with E-state index >= 15 is 0 Å². The number of allylic oxidation sites excluding steroid dienone is 1. The molecular weight excluding hydrogens is 452 g/mol. The number of amides is 1. The normalized spacial score (nSPS) is 11.0. The van der Waals surface area contributed by atoms with Crippen molar-refractivity contribution >= 4 is 43.5 Å². The van der Waals surface area contributed by atoms with Crippen molar-refractivity contribution in [2.45, 2.75) is 6.92 Å². The third-order valence-corrected chi connectivity index (χ3v) is 4.30. The molecule has 0 fully saturated rings. The Morgan fingerprint density at radius 1 is 1.16 bits per heavy atom. The second-order valence-corrected chi connectivity index (χ2v) is 6.72. The Morgan fingerprint density at radius 2 is 1.88 bits per heavy atom. The van der Waals surface area contributed by atoms with E-state index in [0.717, 1.165) is 15.7 Å². The van der Waals surface area contributed by atoms with Gasteiger partial charge in [0.2, 0.25) is 0 Å². The third kappa shape index (κ3) is 5.51. The van der Waals surface area contributed by atoms with Crippen LogP contribution in [0.15, 0.2) is 57.5 Å². The maximum absolute atomic E-state index is 12.1. The van der Waals surface area contributed by atoms with Crippen molar-refractivity contribution < 1.29 is 14.3 Å². The van der Waals surface area contributed by atoms with Crippen LogP contribution in [0.5, 0.6) is 11.5 Å². The average molecular weight is 470 g/mol. The molecule has 1 amide bonds. The molecule has 2 aromatic rings. The van der Waals surface area contributed by atoms with Crippen molar-refractivity contribution in [3.8, 4) is 11.5 Å². The van der Waals surface area contributed by atoms with E-state index in [1.54, 1.807) is 13.2 Å². The quantitative estimate of drug-likeness (QED) is 0.594. The highest BCUT2D eigenvalue weighted by atomic mass is 79.9. The van der Waals surface area contributed by atoms with Gasteiger partial charge in [-0.05, 0) is 40.5 Å². The summed E-state index contributed by atoms with van der Waals surface area (Å²) in [6.45, 7) is 1.73. The van der Waals surface area contributed by atoms with Gasteiger partial charge in [0.15, 0.2) is 18.1 Å². The van der Waals surface area contributed by atoms with Crippen LogP contribution in [-0.4, -0.2) is 19.6 Å². The Kier molecular flexibility index (Phi) is 7.33. The summed E-state index contributed by atoms with van der Waals surface area (Å²) < 4.78 is 12.4. The predicted molar refractivity (Wildman–Crippen MR) is 105 cm³/mol. The van der Waals surface area contributed by atoms with Crippen LogP contribution in [0.2, 0.25) is 0 Å². The van der Waals surface area contributed by atoms with Crippen LogP contribution in [0.3, 0.4) is 0 Å². The zero-order chi connectivity index (χ0) is 18.2. The minimum absolute atomic E-state index is 0.157. The lowest BCUT2D eigenvalue weighted by Gasteiger charge is -2.15. The molecule has 0 saturated carbocycles. The fourth-order valence-electron chi connectivity index (χ4n) is 2.07. The average Bonchev–Trinajstić information content (AvgIpc) is 2.61. The predicted octanol–water partition coefficient (Wildman–Crippen LogP) is 4.28. The van der Waals surface area contributed by atoms with Crippen LogP contribution in [0.1, 0.15) is 12.5 Å². The van der Waals surface area contributed by atoms with Crippen LogP contribution < -0.4 is 20.3 Å². The maximum atomic E-state index is 12.1. The summed E-state index contributed by atoms with van der Waals surface area (Å²) in [5.41, 5.74) is 7.31. The van der Waals surface area contributed by atoms with Crippen molar-refractivity contribution in [2.75, 3.05) is 13.7 Å². The minimum Gasteiger partial charge on any atom is -0.493 e. The molecule has 0 bridgehead atoms. The van der Waals surface area contributed by atoms with Crippen LogP contribution in [0.25, 0.3) is 5.70 Å². The summed E-state index contributed by atoms with van der Waals surface area (Å²) >= 11 is 6.78. The second kappa shape index (κ2) is 9.48. The molecule has 25 heavy (non-hydrogen) atoms. The van der Waals surface area contributed by atoms with Crippen molar-refractivity contribution in [1.29, 1.82) is 0 Å². The summed E-state index contributed by atoms with van der Waals surface area (Å²) in [7, 11) is 1.54. The van der Waals surface area contributed by atoms with Gasteiger partial charge in [0.25, 0.3) is 5.91 Å². The molecule has 0 radical (unpaired) electrons. The lowest BCUT2D eigenvalue weighted by molar-refractivity contribution is -0.123. The fraction of sp³-hybridized carbons (Fsp3) is 0.167. The first-order valence-corrected chi connectivity index (χ1v) is 9.06. The van der Waals surface area contributed by atoms with E-state index in [1.807, 2.05) is 49.4 Å². The molecule has 132 valence electrons. The van der Waals surface area contributed by atoms with Crippen molar-refractivity contribution in [1.82, 2.24) is 10.9 Å². The number of carbonyl (C=O) groups excluding carboxylic acids is 1. The number of ether oxygens (including phenoxy) is 2. The Hall–Kier alpha value is -1.99. The van der Waals surface area contributed by atoms with Gasteiger partial charge in [0, 0.05) is 4.47 Å². The number of hydrazine groups is 1. The van der Waals surface area contributed by atoms with Crippen molar-refractivity contribution in [2.24, 2.45) is 0 Å². The highest BCUT2D eigenvalue weighted by Crippen LogP contribution is 2.38. The first-order valence-electron chi connectivity index (χ1n) is 7.47. The zero-order valence-electron chi connectivity index (χ0n) is 13.8. The van der Waals surface area contributed by atoms with Gasteiger partial charge in [-0.2, -0.15) is 0 Å². The molecule has 5 nitrogen and oxygen atoms in total. The maximum Gasteiger partial charge on any atom is 0.276 e. The van der Waals surface area contributed by atoms with Gasteiger partial charge in [-0.1, -0.05) is 52.3 Å². The van der Waals surface area contributed by atoms with Gasteiger partial charge < -0.3 is 9.47 Å². The van der Waals surface area contributed by atoms with Crippen LogP contribution in [-0.2, 0) is 4.79 Å². The van der Waals surface area contributed by atoms with Gasteiger partial charge in [-0.3, -0.25) is 15.6 Å². The molecule has 0 unspecified atom stereocenters. The molecule has 0 atom stereocenters. The van der Waals surface area contributed by atoms with E-state index in [-0.39, 0.29) is 12.5 Å². The monoisotopic (exact) mass is 468 g/mol. The van der Waals surface area contributed by atoms with Gasteiger partial charge in [-0.15, -0.1) is 0 Å². The number of hydrogen-bond acceptors (Lipinski definition) is 4. The van der Waals surface area contributed by atoms with Crippen LogP contribution in [0, 0.1) is 0 Å². The lowest BCUT2D eigenvalue weighted by atomic mass is 10.1. The van der Waals surface area contributed by atoms with E-state index in [9.17, 15) is 4.79 Å². The SMILES string of the molecule is CC=C(NNC(=O)COc1c(Br)cc(Br)cc1OC)c1ccccc1. The van der Waals surface area contributed by atoms with E-state index in [0.29, 0.717) is 16.0 Å². The molecule has 0 aliphatic heterocycles. The topological polar surface area (TPSA) is 59.6 Å². The number of carbonyl (C=O) groups is 1. The smallest absolute Gasteiger partial charge is 0.276 e. The van der Waals surface area contributed by atoms with Crippen LogP contribution in [0.4, 0.5) is 0 Å². The first-order chi connectivity index (χ1) is 12.0. The van der Waals surface area contributed by atoms with Crippen molar-refractivity contribution in [3.63, 3.8) is 0 Å². The molecule has 0 saturated heterocycles. The lowest BCUT2D eigenvalue weighted by Crippen LogP contribution is -2.39. The molecule has 2 aromatic carbocycles. The molecule has 0 aliphatic carbocycles. The Morgan fingerprint density at radius 3 is 2.52 bits per heavy atom. The number of benzene rings is 2. The summed E-state index contributed by atoms with van der Waals surface area (Å²) in [6.07, 6.45) is 1.88. The molecule has 0 heterocycles. The number of nitrogens with one attached hydrogen (secondary N) is 2. The highest BCUT2D eigenvalue weighted by molar-refractivity contribution is 9.11. The fourth-order valence-corrected chi connectivity index (χ4v) is 3.37. The first kappa shape index (κ1) is 19.3. The third-order valence-electron chi connectivity index (χ3n) is 3.25. The molecule has 2 N–H and O–H groups in total. The van der Waals surface area contributed by atoms with E-state index in [4.69, 9.17) is 9.47 Å². The van der Waals surface area contributed by atoms with E-state index in [1.165, 1.54) is 0 Å². The number of methoxy groups -OCH3 is 1. The van der Waals surface area contributed by atoms with Gasteiger partial charge in [0.1, 0.15) is 0 Å². The van der Waals surface area contributed by atoms with Crippen molar-refractivity contribution in [3.05, 3.63) is 63.0 Å². The minimum atomic E-state index is -0.313. The number of hydrogen-bond donors (Lipinski definition) is 2. The Balaban J connectivity index is 1.93. The molecule has 2 rings (SSSR count). The molecule has 7 heteroatoms. The largest absolute Gasteiger partial charge is 0.493 e. The summed E-state index contributed by atoms with van der Waals surface area (Å²) in [4.78, 5) is 12.1. The Labute approximate surface area is 163 Å². The molecular formula is C18H18Br2N2O3. The standard InChI is InChI=1S/C18H18Br2N2O3/c1-3-15(12-7-5-4-6-8-12)21-22-17(23)11-25-18-14(20)9-13(19)10-16(18)24-2/h3-10,21H,11H2,1-2H3,(H,22,23). The van der Waals surface area contributed by atoms with Gasteiger partial charge in [0.05, 0.1) is 17.3 Å². The zero-order valence-corrected chi connectivity index (χ0v) is 17.0.